The van der Waals surface area contributed by atoms with Gasteiger partial charge in [-0.15, -0.1) is 0 Å². The average molecular weight is 431 g/mol. The van der Waals surface area contributed by atoms with Gasteiger partial charge in [-0.05, 0) is 44.3 Å². The van der Waals surface area contributed by atoms with Crippen LogP contribution in [0.15, 0.2) is 30.3 Å². The number of nitrogens with zero attached hydrogens (tertiary/aromatic N) is 2. The predicted molar refractivity (Wildman–Crippen MR) is 136 cm³/mol. The van der Waals surface area contributed by atoms with Crippen molar-refractivity contribution in [3.05, 3.63) is 35.9 Å². The van der Waals surface area contributed by atoms with Crippen LogP contribution >= 0.6 is 0 Å². The van der Waals surface area contributed by atoms with Crippen molar-refractivity contribution in [1.82, 2.24) is 9.80 Å². The molecule has 0 radical (unpaired) electrons. The molecule has 31 heavy (non-hydrogen) atoms. The summed E-state index contributed by atoms with van der Waals surface area (Å²) in [6.45, 7) is 14.7. The zero-order valence-corrected chi connectivity index (χ0v) is 21.4. The number of hydrogen-bond donors (Lipinski definition) is 0. The van der Waals surface area contributed by atoms with Crippen molar-refractivity contribution >= 4 is 5.91 Å². The second kappa shape index (κ2) is 16.3. The molecule has 0 saturated heterocycles. The van der Waals surface area contributed by atoms with E-state index in [1.807, 2.05) is 11.0 Å². The minimum atomic E-state index is 0.00646. The maximum absolute atomic E-state index is 13.1. The fourth-order valence-corrected chi connectivity index (χ4v) is 4.31. The van der Waals surface area contributed by atoms with Crippen LogP contribution in [0.1, 0.15) is 97.5 Å². The Hall–Kier alpha value is -1.35. The summed E-state index contributed by atoms with van der Waals surface area (Å²) in [5, 5.41) is 0. The van der Waals surface area contributed by atoms with Gasteiger partial charge in [-0.2, -0.15) is 0 Å². The number of unbranched alkanes of at least 4 members (excludes halogenated alkanes) is 4. The van der Waals surface area contributed by atoms with Crippen LogP contribution in [0, 0.1) is 11.8 Å². The van der Waals surface area contributed by atoms with Gasteiger partial charge in [0.2, 0.25) is 5.91 Å². The summed E-state index contributed by atoms with van der Waals surface area (Å²) in [4.78, 5) is 17.5. The van der Waals surface area contributed by atoms with E-state index in [1.54, 1.807) is 0 Å². The van der Waals surface area contributed by atoms with Crippen molar-refractivity contribution in [2.24, 2.45) is 11.8 Å². The largest absolute Gasteiger partial charge is 0.341 e. The van der Waals surface area contributed by atoms with Gasteiger partial charge in [0.25, 0.3) is 0 Å². The molecule has 0 saturated carbocycles. The Kier molecular flexibility index (Phi) is 14.6. The molecule has 3 nitrogen and oxygen atoms in total. The number of rotatable bonds is 17. The normalized spacial score (nSPS) is 14.4. The number of hydrogen-bond acceptors (Lipinski definition) is 2. The van der Waals surface area contributed by atoms with E-state index in [-0.39, 0.29) is 17.7 Å². The standard InChI is InChI=1S/C28H50N2O/c1-7-9-12-17-24(3)18-13-11-16-21-29(6)22-23-30(8-2)28(31)26(5)25(4)27-19-14-10-15-20-27/h10,14-15,19-20,24-26H,7-9,11-13,16-18,21-23H2,1-6H3. The summed E-state index contributed by atoms with van der Waals surface area (Å²) in [5.74, 6) is 1.41. The lowest BCUT2D eigenvalue weighted by molar-refractivity contribution is -0.135. The topological polar surface area (TPSA) is 23.6 Å². The molecule has 1 rings (SSSR count). The fourth-order valence-electron chi connectivity index (χ4n) is 4.31. The molecule has 0 aliphatic heterocycles. The van der Waals surface area contributed by atoms with Gasteiger partial charge in [0.05, 0.1) is 0 Å². The lowest BCUT2D eigenvalue weighted by Gasteiger charge is -2.29. The molecule has 0 N–H and O–H groups in total. The van der Waals surface area contributed by atoms with E-state index >= 15 is 0 Å². The quantitative estimate of drug-likeness (QED) is 0.249. The first-order valence-corrected chi connectivity index (χ1v) is 12.9. The van der Waals surface area contributed by atoms with Crippen LogP contribution in [0.3, 0.4) is 0 Å². The van der Waals surface area contributed by atoms with Gasteiger partial charge in [0.15, 0.2) is 0 Å². The second-order valence-electron chi connectivity index (χ2n) is 9.66. The van der Waals surface area contributed by atoms with Crippen LogP contribution < -0.4 is 0 Å². The van der Waals surface area contributed by atoms with Crippen molar-refractivity contribution in [3.8, 4) is 0 Å². The zero-order valence-electron chi connectivity index (χ0n) is 21.4. The third-order valence-electron chi connectivity index (χ3n) is 6.95. The van der Waals surface area contributed by atoms with Crippen LogP contribution in [0.2, 0.25) is 0 Å². The minimum absolute atomic E-state index is 0.00646. The zero-order chi connectivity index (χ0) is 23.1. The third-order valence-corrected chi connectivity index (χ3v) is 6.95. The molecule has 0 aliphatic rings. The van der Waals surface area contributed by atoms with E-state index in [2.05, 4.69) is 70.8 Å². The molecule has 0 aliphatic carbocycles. The second-order valence-corrected chi connectivity index (χ2v) is 9.66. The molecular formula is C28H50N2O. The lowest BCUT2D eigenvalue weighted by Crippen LogP contribution is -2.41. The van der Waals surface area contributed by atoms with E-state index < -0.39 is 0 Å². The smallest absolute Gasteiger partial charge is 0.226 e. The Bertz CT molecular complexity index is 574. The van der Waals surface area contributed by atoms with Crippen LogP contribution in [-0.2, 0) is 4.79 Å². The maximum Gasteiger partial charge on any atom is 0.226 e. The van der Waals surface area contributed by atoms with Gasteiger partial charge in [-0.3, -0.25) is 4.79 Å². The molecule has 1 amide bonds. The van der Waals surface area contributed by atoms with Crippen LogP contribution in [-0.4, -0.2) is 48.9 Å². The van der Waals surface area contributed by atoms with Crippen molar-refractivity contribution < 1.29 is 4.79 Å². The van der Waals surface area contributed by atoms with Gasteiger partial charge < -0.3 is 9.80 Å². The summed E-state index contributed by atoms with van der Waals surface area (Å²) >= 11 is 0. The van der Waals surface area contributed by atoms with Crippen LogP contribution in [0.4, 0.5) is 0 Å². The van der Waals surface area contributed by atoms with E-state index in [1.165, 1.54) is 56.9 Å². The average Bonchev–Trinajstić information content (AvgIpc) is 2.78. The molecule has 0 heterocycles. The Labute approximate surface area is 193 Å². The highest BCUT2D eigenvalue weighted by molar-refractivity contribution is 5.79. The van der Waals surface area contributed by atoms with Gasteiger partial charge >= 0.3 is 0 Å². The summed E-state index contributed by atoms with van der Waals surface area (Å²) < 4.78 is 0. The highest BCUT2D eigenvalue weighted by atomic mass is 16.2. The molecule has 3 heteroatoms. The number of benzene rings is 1. The summed E-state index contributed by atoms with van der Waals surface area (Å²) in [6.07, 6.45) is 10.8. The van der Waals surface area contributed by atoms with E-state index in [0.29, 0.717) is 0 Å². The number of amides is 1. The fraction of sp³-hybridized carbons (Fsp3) is 0.750. The summed E-state index contributed by atoms with van der Waals surface area (Å²) in [7, 11) is 2.20. The van der Waals surface area contributed by atoms with Gasteiger partial charge in [-0.1, -0.05) is 103 Å². The Morgan fingerprint density at radius 2 is 1.48 bits per heavy atom. The van der Waals surface area contributed by atoms with Crippen molar-refractivity contribution in [3.63, 3.8) is 0 Å². The maximum atomic E-state index is 13.1. The van der Waals surface area contributed by atoms with Crippen LogP contribution in [0.25, 0.3) is 0 Å². The number of carbonyl (C=O) groups is 1. The van der Waals surface area contributed by atoms with Gasteiger partial charge in [0, 0.05) is 25.6 Å². The highest BCUT2D eigenvalue weighted by Crippen LogP contribution is 2.25. The van der Waals surface area contributed by atoms with E-state index in [4.69, 9.17) is 0 Å². The lowest BCUT2D eigenvalue weighted by atomic mass is 9.88. The first kappa shape index (κ1) is 27.7. The summed E-state index contributed by atoms with van der Waals surface area (Å²) in [6, 6.07) is 10.4. The molecular weight excluding hydrogens is 380 g/mol. The van der Waals surface area contributed by atoms with Crippen molar-refractivity contribution in [2.45, 2.75) is 91.9 Å². The van der Waals surface area contributed by atoms with E-state index in [9.17, 15) is 4.79 Å². The first-order chi connectivity index (χ1) is 14.9. The Morgan fingerprint density at radius 1 is 0.839 bits per heavy atom. The number of carbonyl (C=O) groups excluding carboxylic acids is 1. The van der Waals surface area contributed by atoms with Crippen LogP contribution in [0.5, 0.6) is 0 Å². The number of likely N-dealkylation sites (N-methyl/N-ethyl adjacent to an activating group) is 2. The Morgan fingerprint density at radius 3 is 2.10 bits per heavy atom. The minimum Gasteiger partial charge on any atom is -0.341 e. The monoisotopic (exact) mass is 430 g/mol. The molecule has 0 fully saturated rings. The van der Waals surface area contributed by atoms with Gasteiger partial charge in [-0.25, -0.2) is 0 Å². The molecule has 178 valence electrons. The molecule has 0 aromatic heterocycles. The van der Waals surface area contributed by atoms with E-state index in [0.717, 1.165) is 32.1 Å². The Balaban J connectivity index is 2.27. The third kappa shape index (κ3) is 11.2. The predicted octanol–water partition coefficient (Wildman–Crippen LogP) is 6.98. The molecule has 0 spiro atoms. The van der Waals surface area contributed by atoms with Crippen molar-refractivity contribution in [1.29, 1.82) is 0 Å². The van der Waals surface area contributed by atoms with Crippen molar-refractivity contribution in [2.75, 3.05) is 33.2 Å². The highest BCUT2D eigenvalue weighted by Gasteiger charge is 2.25. The summed E-state index contributed by atoms with van der Waals surface area (Å²) in [5.41, 5.74) is 1.25. The molecule has 3 atom stereocenters. The molecule has 1 aromatic carbocycles. The SMILES string of the molecule is CCCCCC(C)CCCCCN(C)CCN(CC)C(=O)C(C)C(C)c1ccccc1. The molecule has 0 bridgehead atoms. The first-order valence-electron chi connectivity index (χ1n) is 12.9. The molecule has 3 unspecified atom stereocenters. The molecule has 1 aromatic rings. The van der Waals surface area contributed by atoms with Gasteiger partial charge in [0.1, 0.15) is 0 Å².